The second-order valence-corrected chi connectivity index (χ2v) is 6.82. The van der Waals surface area contributed by atoms with Crippen LogP contribution in [0.3, 0.4) is 0 Å². The van der Waals surface area contributed by atoms with Gasteiger partial charge in [-0.05, 0) is 42.0 Å². The minimum Gasteiger partial charge on any atom is -0.497 e. The molecule has 6 nitrogen and oxygen atoms in total. The van der Waals surface area contributed by atoms with E-state index in [1.54, 1.807) is 20.4 Å². The van der Waals surface area contributed by atoms with E-state index in [-0.39, 0.29) is 5.56 Å². The van der Waals surface area contributed by atoms with E-state index < -0.39 is 0 Å². The minimum atomic E-state index is -0.0985. The molecule has 2 heterocycles. The maximum absolute atomic E-state index is 12.7. The van der Waals surface area contributed by atoms with Crippen molar-refractivity contribution in [2.45, 2.75) is 6.54 Å². The van der Waals surface area contributed by atoms with Crippen molar-refractivity contribution in [2.24, 2.45) is 12.1 Å². The molecule has 1 aromatic carbocycles. The van der Waals surface area contributed by atoms with Crippen molar-refractivity contribution >= 4 is 28.9 Å². The van der Waals surface area contributed by atoms with Gasteiger partial charge < -0.3 is 4.74 Å². The third kappa shape index (κ3) is 2.45. The summed E-state index contributed by atoms with van der Waals surface area (Å²) in [7, 11) is 3.34. The van der Waals surface area contributed by atoms with Gasteiger partial charge in [-0.3, -0.25) is 9.80 Å². The molecule has 6 heteroatoms. The summed E-state index contributed by atoms with van der Waals surface area (Å²) in [5.41, 5.74) is 4.68. The molecule has 0 amide bonds. The zero-order valence-electron chi connectivity index (χ0n) is 15.6. The maximum atomic E-state index is 12.7. The first kappa shape index (κ1) is 16.5. The highest BCUT2D eigenvalue weighted by molar-refractivity contribution is 6.04. The van der Waals surface area contributed by atoms with Gasteiger partial charge in [0.1, 0.15) is 5.75 Å². The number of benzene rings is 1. The summed E-state index contributed by atoms with van der Waals surface area (Å²) in [6, 6.07) is 15.8. The van der Waals surface area contributed by atoms with Crippen molar-refractivity contribution in [3.8, 4) is 16.9 Å². The Morgan fingerprint density at radius 2 is 1.86 bits per heavy atom. The van der Waals surface area contributed by atoms with Gasteiger partial charge in [-0.25, -0.2) is 4.68 Å². The van der Waals surface area contributed by atoms with Crippen LogP contribution >= 0.6 is 0 Å². The average molecular weight is 370 g/mol. The van der Waals surface area contributed by atoms with Gasteiger partial charge in [0.05, 0.1) is 30.2 Å². The van der Waals surface area contributed by atoms with Crippen LogP contribution in [-0.4, -0.2) is 23.1 Å². The molecule has 0 unspecified atom stereocenters. The second-order valence-electron chi connectivity index (χ2n) is 6.82. The lowest BCUT2D eigenvalue weighted by Crippen LogP contribution is -2.25. The molecule has 28 heavy (non-hydrogen) atoms. The molecule has 1 aromatic heterocycles. The maximum Gasteiger partial charge on any atom is 0.274 e. The number of nitrogens with zero attached hydrogens (tertiary/aromatic N) is 4. The van der Waals surface area contributed by atoms with Gasteiger partial charge in [0.15, 0.2) is 0 Å². The number of methoxy groups -OCH3 is 1. The van der Waals surface area contributed by atoms with Gasteiger partial charge in [-0.15, -0.1) is 0 Å². The normalized spacial score (nSPS) is 13.0. The highest BCUT2D eigenvalue weighted by Gasteiger charge is 2.22. The first-order chi connectivity index (χ1) is 13.7. The van der Waals surface area contributed by atoms with Gasteiger partial charge >= 0.3 is 0 Å². The number of rotatable bonds is 3. The molecule has 2 aromatic rings. The van der Waals surface area contributed by atoms with E-state index in [0.717, 1.165) is 38.9 Å². The van der Waals surface area contributed by atoms with Crippen LogP contribution < -0.4 is 20.5 Å². The van der Waals surface area contributed by atoms with Crippen LogP contribution in [0.2, 0.25) is 0 Å². The van der Waals surface area contributed by atoms with Crippen LogP contribution in [-0.2, 0) is 13.6 Å². The highest BCUT2D eigenvalue weighted by atomic mass is 16.5. The number of fused-ring (bicyclic) bond motifs is 2. The summed E-state index contributed by atoms with van der Waals surface area (Å²) in [4.78, 5) is 12.7. The SMILES string of the molecule is COc1ccc(CN2N=CC=c3ccc4c5c(ccc-5c32)nn(C)c4=O)cc1. The van der Waals surface area contributed by atoms with E-state index in [0.29, 0.717) is 11.9 Å². The third-order valence-electron chi connectivity index (χ3n) is 5.15. The van der Waals surface area contributed by atoms with Crippen molar-refractivity contribution in [2.75, 3.05) is 12.1 Å². The Balaban J connectivity index is 1.68. The van der Waals surface area contributed by atoms with Crippen LogP contribution in [0.1, 0.15) is 5.56 Å². The average Bonchev–Trinajstić information content (AvgIpc) is 3.03. The molecule has 2 aliphatic carbocycles. The summed E-state index contributed by atoms with van der Waals surface area (Å²) in [5.74, 6) is 0.824. The number of hydrazone groups is 1. The van der Waals surface area contributed by atoms with Gasteiger partial charge in [0.25, 0.3) is 5.56 Å². The third-order valence-corrected chi connectivity index (χ3v) is 5.15. The quantitative estimate of drug-likeness (QED) is 0.556. The molecule has 0 saturated heterocycles. The Bertz CT molecular complexity index is 1310. The largest absolute Gasteiger partial charge is 0.497 e. The number of hydrogen-bond acceptors (Lipinski definition) is 5. The van der Waals surface area contributed by atoms with Crippen LogP contribution in [0.25, 0.3) is 28.1 Å². The fourth-order valence-electron chi connectivity index (χ4n) is 3.78. The van der Waals surface area contributed by atoms with Crippen molar-refractivity contribution in [3.05, 3.63) is 69.7 Å². The molecule has 0 saturated carbocycles. The van der Waals surface area contributed by atoms with E-state index in [2.05, 4.69) is 10.2 Å². The predicted octanol–water partition coefficient (Wildman–Crippen LogP) is 2.55. The summed E-state index contributed by atoms with van der Waals surface area (Å²) in [5, 5.41) is 12.7. The molecule has 0 atom stereocenters. The number of anilines is 1. The summed E-state index contributed by atoms with van der Waals surface area (Å²) >= 11 is 0. The Morgan fingerprint density at radius 3 is 2.64 bits per heavy atom. The smallest absolute Gasteiger partial charge is 0.274 e. The summed E-state index contributed by atoms with van der Waals surface area (Å²) < 4.78 is 6.64. The van der Waals surface area contributed by atoms with Gasteiger partial charge in [0, 0.05) is 29.6 Å². The Hall–Kier alpha value is -3.67. The molecule has 3 aliphatic rings. The lowest BCUT2D eigenvalue weighted by Gasteiger charge is -2.23. The first-order valence-corrected chi connectivity index (χ1v) is 9.03. The molecular weight excluding hydrogens is 352 g/mol. The van der Waals surface area contributed by atoms with E-state index >= 15 is 0 Å². The van der Waals surface area contributed by atoms with Gasteiger partial charge in [-0.1, -0.05) is 18.2 Å². The van der Waals surface area contributed by atoms with Gasteiger partial charge in [-0.2, -0.15) is 10.2 Å². The lowest BCUT2D eigenvalue weighted by molar-refractivity contribution is 0.414. The number of aryl methyl sites for hydroxylation is 1. The highest BCUT2D eigenvalue weighted by Crippen LogP contribution is 2.37. The Morgan fingerprint density at radius 1 is 1.04 bits per heavy atom. The molecule has 0 bridgehead atoms. The summed E-state index contributed by atoms with van der Waals surface area (Å²) in [6.07, 6.45) is 3.76. The zero-order chi connectivity index (χ0) is 19.3. The van der Waals surface area contributed by atoms with Crippen LogP contribution in [0.5, 0.6) is 5.75 Å². The van der Waals surface area contributed by atoms with Crippen molar-refractivity contribution in [1.29, 1.82) is 0 Å². The van der Waals surface area contributed by atoms with Crippen molar-refractivity contribution < 1.29 is 4.74 Å². The first-order valence-electron chi connectivity index (χ1n) is 9.03. The Labute approximate surface area is 161 Å². The zero-order valence-corrected chi connectivity index (χ0v) is 15.6. The molecule has 5 rings (SSSR count). The fourth-order valence-corrected chi connectivity index (χ4v) is 3.78. The van der Waals surface area contributed by atoms with Crippen molar-refractivity contribution in [1.82, 2.24) is 9.78 Å². The molecule has 138 valence electrons. The number of aromatic nitrogens is 2. The second kappa shape index (κ2) is 6.20. The van der Waals surface area contributed by atoms with E-state index in [1.807, 2.05) is 59.6 Å². The minimum absolute atomic E-state index is 0.0985. The standard InChI is InChI=1S/C22H18N4O2/c1-25-22(27)18-8-5-15-11-12-23-26(13-14-3-6-16(28-2)7-4-14)21(15)17-9-10-19(24-25)20(17)18/h3-12H,13H2,1-2H3. The topological polar surface area (TPSA) is 59.7 Å². The van der Waals surface area contributed by atoms with Crippen molar-refractivity contribution in [3.63, 3.8) is 0 Å². The molecule has 0 spiro atoms. The number of ether oxygens (including phenoxy) is 1. The predicted molar refractivity (Wildman–Crippen MR) is 111 cm³/mol. The Kier molecular flexibility index (Phi) is 3.65. The molecule has 0 fully saturated rings. The van der Waals surface area contributed by atoms with E-state index in [1.165, 1.54) is 4.68 Å². The molecule has 1 aliphatic heterocycles. The van der Waals surface area contributed by atoms with Gasteiger partial charge in [0.2, 0.25) is 0 Å². The van der Waals surface area contributed by atoms with Crippen LogP contribution in [0.4, 0.5) is 5.69 Å². The number of hydrogen-bond donors (Lipinski definition) is 0. The fraction of sp³-hybridized carbons (Fsp3) is 0.136. The van der Waals surface area contributed by atoms with Crippen LogP contribution in [0, 0.1) is 0 Å². The molecular formula is C22H18N4O2. The lowest BCUT2D eigenvalue weighted by atomic mass is 10.1. The molecule has 0 radical (unpaired) electrons. The van der Waals surface area contributed by atoms with E-state index in [4.69, 9.17) is 4.74 Å². The molecule has 0 N–H and O–H groups in total. The monoisotopic (exact) mass is 370 g/mol. The summed E-state index contributed by atoms with van der Waals surface area (Å²) in [6.45, 7) is 0.612. The van der Waals surface area contributed by atoms with Crippen LogP contribution in [0.15, 0.2) is 58.4 Å². The van der Waals surface area contributed by atoms with E-state index in [9.17, 15) is 4.79 Å².